The fraction of sp³-hybridized carbons (Fsp3) is 0.308. The van der Waals surface area contributed by atoms with Gasteiger partial charge in [-0.3, -0.25) is 4.90 Å². The first-order chi connectivity index (χ1) is 14.5. The quantitative estimate of drug-likeness (QED) is 0.438. The zero-order valence-electron chi connectivity index (χ0n) is 17.1. The molecule has 30 heavy (non-hydrogen) atoms. The molecule has 156 valence electrons. The molecule has 3 aromatic carbocycles. The van der Waals surface area contributed by atoms with Crippen molar-refractivity contribution < 1.29 is 13.2 Å². The van der Waals surface area contributed by atoms with Crippen molar-refractivity contribution >= 4 is 0 Å². The Kier molecular flexibility index (Phi) is 5.96. The third-order valence-corrected chi connectivity index (χ3v) is 6.00. The second-order valence-corrected chi connectivity index (χ2v) is 7.97. The van der Waals surface area contributed by atoms with Gasteiger partial charge in [-0.05, 0) is 71.8 Å². The normalized spacial score (nSPS) is 17.4. The highest BCUT2D eigenvalue weighted by Gasteiger charge is 2.30. The van der Waals surface area contributed by atoms with Gasteiger partial charge < -0.3 is 0 Å². The van der Waals surface area contributed by atoms with Crippen LogP contribution in [0.3, 0.4) is 0 Å². The van der Waals surface area contributed by atoms with Gasteiger partial charge in [0.25, 0.3) is 0 Å². The van der Waals surface area contributed by atoms with Gasteiger partial charge in [0.1, 0.15) is 0 Å². The minimum atomic E-state index is -4.31. The van der Waals surface area contributed by atoms with Crippen LogP contribution in [-0.4, -0.2) is 11.4 Å². The summed E-state index contributed by atoms with van der Waals surface area (Å²) in [6, 6.07) is 22.7. The zero-order chi connectivity index (χ0) is 21.1. The summed E-state index contributed by atoms with van der Waals surface area (Å²) in [5, 5.41) is 0. The average Bonchev–Trinajstić information content (AvgIpc) is 2.92. The van der Waals surface area contributed by atoms with Crippen LogP contribution in [0.2, 0.25) is 0 Å². The highest BCUT2D eigenvalue weighted by Crippen LogP contribution is 2.36. The van der Waals surface area contributed by atoms with Gasteiger partial charge in [-0.15, -0.1) is 0 Å². The van der Waals surface area contributed by atoms with E-state index in [0.717, 1.165) is 43.5 Å². The summed E-state index contributed by atoms with van der Waals surface area (Å²) in [6.45, 7) is 4.16. The van der Waals surface area contributed by atoms with Crippen LogP contribution < -0.4 is 0 Å². The third kappa shape index (κ3) is 4.44. The molecule has 0 spiro atoms. The van der Waals surface area contributed by atoms with Crippen molar-refractivity contribution in [3.63, 3.8) is 0 Å². The van der Waals surface area contributed by atoms with Gasteiger partial charge in [0, 0.05) is 12.6 Å². The Balaban J connectivity index is 1.66. The van der Waals surface area contributed by atoms with Crippen molar-refractivity contribution in [1.82, 2.24) is 4.90 Å². The van der Waals surface area contributed by atoms with Gasteiger partial charge in [-0.2, -0.15) is 13.2 Å². The predicted molar refractivity (Wildman–Crippen MR) is 115 cm³/mol. The molecule has 0 radical (unpaired) electrons. The maximum Gasteiger partial charge on any atom is 0.416 e. The van der Waals surface area contributed by atoms with Crippen LogP contribution in [0.4, 0.5) is 13.2 Å². The topological polar surface area (TPSA) is 3.24 Å². The molecule has 0 saturated carbocycles. The molecular weight excluding hydrogens is 383 g/mol. The number of halogens is 3. The number of fused-ring (bicyclic) bond motifs is 1. The highest BCUT2D eigenvalue weighted by atomic mass is 19.4. The largest absolute Gasteiger partial charge is 0.416 e. The van der Waals surface area contributed by atoms with Crippen LogP contribution >= 0.6 is 0 Å². The Morgan fingerprint density at radius 1 is 0.900 bits per heavy atom. The molecule has 0 aromatic heterocycles. The molecule has 0 fully saturated rings. The second kappa shape index (κ2) is 8.65. The SMILES string of the molecule is CC[C@H]1c2cc(-c3ccc(C(F)(F)F)cc3)ccc2CCCN1Cc1ccccc1. The summed E-state index contributed by atoms with van der Waals surface area (Å²) < 4.78 is 38.7. The van der Waals surface area contributed by atoms with Crippen LogP contribution in [-0.2, 0) is 19.1 Å². The standard InChI is InChI=1S/C26H26F3N/c1-2-25-24-17-22(20-12-14-23(15-13-20)26(27,28)29)11-10-21(24)9-6-16-30(25)18-19-7-4-3-5-8-19/h3-5,7-8,10-15,17,25H,2,6,9,16,18H2,1H3/t25-/m0/s1. The van der Waals surface area contributed by atoms with E-state index < -0.39 is 11.7 Å². The summed E-state index contributed by atoms with van der Waals surface area (Å²) in [5.74, 6) is 0. The molecule has 0 saturated heterocycles. The number of rotatable bonds is 4. The third-order valence-electron chi connectivity index (χ3n) is 6.00. The minimum Gasteiger partial charge on any atom is -0.292 e. The van der Waals surface area contributed by atoms with Gasteiger partial charge in [0.15, 0.2) is 0 Å². The molecule has 3 aromatic rings. The molecule has 1 atom stereocenters. The van der Waals surface area contributed by atoms with Crippen LogP contribution in [0.5, 0.6) is 0 Å². The van der Waals surface area contributed by atoms with Crippen LogP contribution in [0.1, 0.15) is 48.1 Å². The number of hydrogen-bond donors (Lipinski definition) is 0. The van der Waals surface area contributed by atoms with Gasteiger partial charge in [-0.1, -0.05) is 61.5 Å². The lowest BCUT2D eigenvalue weighted by atomic mass is 9.92. The first-order valence-electron chi connectivity index (χ1n) is 10.5. The number of benzene rings is 3. The highest BCUT2D eigenvalue weighted by molar-refractivity contribution is 5.65. The fourth-order valence-corrected chi connectivity index (χ4v) is 4.47. The lowest BCUT2D eigenvalue weighted by Crippen LogP contribution is -2.28. The second-order valence-electron chi connectivity index (χ2n) is 7.97. The van der Waals surface area contributed by atoms with Crippen LogP contribution in [0.15, 0.2) is 72.8 Å². The van der Waals surface area contributed by atoms with E-state index in [1.54, 1.807) is 12.1 Å². The molecule has 1 aliphatic heterocycles. The molecule has 1 aliphatic rings. The number of aryl methyl sites for hydroxylation is 1. The summed E-state index contributed by atoms with van der Waals surface area (Å²) in [7, 11) is 0. The zero-order valence-corrected chi connectivity index (χ0v) is 17.1. The van der Waals surface area contributed by atoms with E-state index in [0.29, 0.717) is 6.04 Å². The first-order valence-corrected chi connectivity index (χ1v) is 10.5. The van der Waals surface area contributed by atoms with Crippen molar-refractivity contribution in [1.29, 1.82) is 0 Å². The maximum atomic E-state index is 12.9. The summed E-state index contributed by atoms with van der Waals surface area (Å²) in [5.41, 5.74) is 5.15. The predicted octanol–water partition coefficient (Wildman–Crippen LogP) is 7.27. The van der Waals surface area contributed by atoms with Crippen molar-refractivity contribution in [2.24, 2.45) is 0 Å². The Morgan fingerprint density at radius 3 is 2.27 bits per heavy atom. The Bertz CT molecular complexity index is 977. The summed E-state index contributed by atoms with van der Waals surface area (Å²) in [6.07, 6.45) is -1.17. The molecule has 1 heterocycles. The van der Waals surface area contributed by atoms with Crippen molar-refractivity contribution in [3.05, 3.63) is 95.1 Å². The van der Waals surface area contributed by atoms with Gasteiger partial charge in [-0.25, -0.2) is 0 Å². The minimum absolute atomic E-state index is 0.303. The number of nitrogens with zero attached hydrogens (tertiary/aromatic N) is 1. The molecule has 0 amide bonds. The van der Waals surface area contributed by atoms with Gasteiger partial charge in [0.05, 0.1) is 5.56 Å². The fourth-order valence-electron chi connectivity index (χ4n) is 4.47. The summed E-state index contributed by atoms with van der Waals surface area (Å²) >= 11 is 0. The van der Waals surface area contributed by atoms with Crippen molar-refractivity contribution in [3.8, 4) is 11.1 Å². The van der Waals surface area contributed by atoms with E-state index in [1.807, 2.05) is 12.1 Å². The lowest BCUT2D eigenvalue weighted by Gasteiger charge is -2.30. The van der Waals surface area contributed by atoms with E-state index in [9.17, 15) is 13.2 Å². The molecule has 0 unspecified atom stereocenters. The van der Waals surface area contributed by atoms with Crippen molar-refractivity contribution in [2.75, 3.05) is 6.54 Å². The first kappa shape index (κ1) is 20.7. The Hall–Kier alpha value is -2.59. The van der Waals surface area contributed by atoms with E-state index >= 15 is 0 Å². The van der Waals surface area contributed by atoms with E-state index in [4.69, 9.17) is 0 Å². The Labute approximate surface area is 176 Å². The Morgan fingerprint density at radius 2 is 1.60 bits per heavy atom. The maximum absolute atomic E-state index is 12.9. The van der Waals surface area contributed by atoms with Crippen molar-refractivity contribution in [2.45, 2.75) is 44.9 Å². The lowest BCUT2D eigenvalue weighted by molar-refractivity contribution is -0.137. The summed E-state index contributed by atoms with van der Waals surface area (Å²) in [4.78, 5) is 2.54. The molecule has 0 aliphatic carbocycles. The average molecular weight is 409 g/mol. The van der Waals surface area contributed by atoms with E-state index in [-0.39, 0.29) is 0 Å². The number of alkyl halides is 3. The number of hydrogen-bond acceptors (Lipinski definition) is 1. The molecule has 0 bridgehead atoms. The molecule has 4 rings (SSSR count). The monoisotopic (exact) mass is 409 g/mol. The van der Waals surface area contributed by atoms with E-state index in [2.05, 4.69) is 48.2 Å². The van der Waals surface area contributed by atoms with Gasteiger partial charge in [0.2, 0.25) is 0 Å². The molecule has 0 N–H and O–H groups in total. The molecule has 1 nitrogen and oxygen atoms in total. The molecular formula is C26H26F3N. The van der Waals surface area contributed by atoms with E-state index in [1.165, 1.54) is 28.8 Å². The smallest absolute Gasteiger partial charge is 0.292 e. The van der Waals surface area contributed by atoms with Crippen LogP contribution in [0, 0.1) is 0 Å². The van der Waals surface area contributed by atoms with Gasteiger partial charge >= 0.3 is 6.18 Å². The molecule has 4 heteroatoms. The van der Waals surface area contributed by atoms with Crippen LogP contribution in [0.25, 0.3) is 11.1 Å².